The minimum absolute atomic E-state index is 0.170. The van der Waals surface area contributed by atoms with Crippen LogP contribution in [0.2, 0.25) is 0 Å². The number of nitrogens with zero attached hydrogens (tertiary/aromatic N) is 1. The van der Waals surface area contributed by atoms with Crippen molar-refractivity contribution in [1.29, 1.82) is 0 Å². The van der Waals surface area contributed by atoms with E-state index in [1.165, 1.54) is 0 Å². The van der Waals surface area contributed by atoms with Crippen molar-refractivity contribution >= 4 is 24.1 Å². The minimum Gasteiger partial charge on any atom is -0.450 e. The Hall–Kier alpha value is -2.70. The SMILES string of the molecule is CC(=O)O[C@@H](C=O)[C@@H](OC(C)=O)C(=O)N1CCCC1c1ccccc1. The number of hydrogen-bond donors (Lipinski definition) is 0. The third-order valence-corrected chi connectivity index (χ3v) is 3.99. The van der Waals surface area contributed by atoms with Crippen molar-refractivity contribution in [3.63, 3.8) is 0 Å². The average Bonchev–Trinajstić information content (AvgIpc) is 3.07. The normalized spacial score (nSPS) is 19.0. The molecule has 1 unspecified atom stereocenters. The molecule has 1 aliphatic rings. The highest BCUT2D eigenvalue weighted by Gasteiger charge is 2.40. The van der Waals surface area contributed by atoms with Crippen LogP contribution in [0.15, 0.2) is 30.3 Å². The van der Waals surface area contributed by atoms with Crippen LogP contribution in [-0.4, -0.2) is 47.8 Å². The van der Waals surface area contributed by atoms with Gasteiger partial charge in [0.05, 0.1) is 6.04 Å². The summed E-state index contributed by atoms with van der Waals surface area (Å²) in [5, 5.41) is 0. The van der Waals surface area contributed by atoms with Crippen LogP contribution in [0, 0.1) is 0 Å². The number of likely N-dealkylation sites (tertiary alicyclic amines) is 1. The minimum atomic E-state index is -1.48. The van der Waals surface area contributed by atoms with E-state index in [4.69, 9.17) is 9.47 Å². The summed E-state index contributed by atoms with van der Waals surface area (Å²) in [4.78, 5) is 48.4. The van der Waals surface area contributed by atoms with E-state index in [2.05, 4.69) is 0 Å². The zero-order valence-corrected chi connectivity index (χ0v) is 14.2. The van der Waals surface area contributed by atoms with E-state index >= 15 is 0 Å². The number of ether oxygens (including phenoxy) is 2. The van der Waals surface area contributed by atoms with Crippen molar-refractivity contribution in [3.8, 4) is 0 Å². The van der Waals surface area contributed by atoms with Gasteiger partial charge in [-0.25, -0.2) is 0 Å². The van der Waals surface area contributed by atoms with Crippen molar-refractivity contribution in [2.75, 3.05) is 6.54 Å². The van der Waals surface area contributed by atoms with E-state index < -0.39 is 30.1 Å². The highest BCUT2D eigenvalue weighted by molar-refractivity contribution is 5.88. The lowest BCUT2D eigenvalue weighted by molar-refractivity contribution is -0.175. The summed E-state index contributed by atoms with van der Waals surface area (Å²) in [7, 11) is 0. The van der Waals surface area contributed by atoms with Gasteiger partial charge in [-0.15, -0.1) is 0 Å². The Morgan fingerprint density at radius 2 is 1.76 bits per heavy atom. The van der Waals surface area contributed by atoms with Gasteiger partial charge in [-0.1, -0.05) is 30.3 Å². The molecule has 134 valence electrons. The Kier molecular flexibility index (Phi) is 6.27. The predicted octanol–water partition coefficient (Wildman–Crippen LogP) is 1.41. The van der Waals surface area contributed by atoms with Gasteiger partial charge in [0.1, 0.15) is 0 Å². The second-order valence-corrected chi connectivity index (χ2v) is 5.84. The smallest absolute Gasteiger partial charge is 0.303 e. The number of carbonyl (C=O) groups excluding carboxylic acids is 4. The molecule has 0 aliphatic carbocycles. The largest absolute Gasteiger partial charge is 0.450 e. The number of benzene rings is 1. The van der Waals surface area contributed by atoms with E-state index in [1.807, 2.05) is 30.3 Å². The second-order valence-electron chi connectivity index (χ2n) is 5.84. The van der Waals surface area contributed by atoms with Crippen molar-refractivity contribution in [1.82, 2.24) is 4.90 Å². The average molecular weight is 347 g/mol. The topological polar surface area (TPSA) is 90.0 Å². The van der Waals surface area contributed by atoms with Crippen molar-refractivity contribution in [2.45, 2.75) is 44.9 Å². The number of esters is 2. The molecule has 1 amide bonds. The van der Waals surface area contributed by atoms with Crippen LogP contribution < -0.4 is 0 Å². The molecule has 1 heterocycles. The summed E-state index contributed by atoms with van der Waals surface area (Å²) in [6.45, 7) is 2.73. The summed E-state index contributed by atoms with van der Waals surface area (Å²) in [5.41, 5.74) is 0.963. The van der Waals surface area contributed by atoms with Gasteiger partial charge in [0.25, 0.3) is 5.91 Å². The molecule has 1 fully saturated rings. The Bertz CT molecular complexity index is 644. The van der Waals surface area contributed by atoms with E-state index in [0.29, 0.717) is 12.8 Å². The van der Waals surface area contributed by atoms with Crippen LogP contribution >= 0.6 is 0 Å². The summed E-state index contributed by atoms with van der Waals surface area (Å²) in [6.07, 6.45) is -1.09. The first-order chi connectivity index (χ1) is 11.9. The number of carbonyl (C=O) groups is 4. The molecular weight excluding hydrogens is 326 g/mol. The molecule has 0 N–H and O–H groups in total. The molecule has 0 radical (unpaired) electrons. The number of rotatable bonds is 6. The molecule has 1 saturated heterocycles. The summed E-state index contributed by atoms with van der Waals surface area (Å²) in [5.74, 6) is -2.00. The lowest BCUT2D eigenvalue weighted by atomic mass is 10.0. The number of hydrogen-bond acceptors (Lipinski definition) is 6. The third kappa shape index (κ3) is 4.65. The second kappa shape index (κ2) is 8.41. The van der Waals surface area contributed by atoms with Gasteiger partial charge in [-0.2, -0.15) is 0 Å². The van der Waals surface area contributed by atoms with Gasteiger partial charge in [0.2, 0.25) is 12.2 Å². The van der Waals surface area contributed by atoms with E-state index in [1.54, 1.807) is 4.90 Å². The maximum Gasteiger partial charge on any atom is 0.303 e. The van der Waals surface area contributed by atoms with Crippen molar-refractivity contribution < 1.29 is 28.7 Å². The van der Waals surface area contributed by atoms with Crippen molar-refractivity contribution in [2.24, 2.45) is 0 Å². The molecule has 1 aromatic rings. The molecule has 1 aliphatic heterocycles. The quantitative estimate of drug-likeness (QED) is 0.571. The van der Waals surface area contributed by atoms with Crippen molar-refractivity contribution in [3.05, 3.63) is 35.9 Å². The van der Waals surface area contributed by atoms with Gasteiger partial charge >= 0.3 is 11.9 Å². The standard InChI is InChI=1S/C18H21NO6/c1-12(21)24-16(11-20)17(25-13(2)22)18(23)19-10-6-9-15(19)14-7-4-3-5-8-14/h3-5,7-8,11,15-17H,6,9-10H2,1-2H3/t15?,16-,17+/m0/s1. The van der Waals surface area contributed by atoms with Gasteiger partial charge in [0.15, 0.2) is 6.29 Å². The molecular formula is C18H21NO6. The lowest BCUT2D eigenvalue weighted by Crippen LogP contribution is -2.48. The Balaban J connectivity index is 2.26. The van der Waals surface area contributed by atoms with Crippen LogP contribution in [0.3, 0.4) is 0 Å². The molecule has 0 spiro atoms. The first-order valence-corrected chi connectivity index (χ1v) is 8.09. The van der Waals surface area contributed by atoms with Gasteiger partial charge in [-0.3, -0.25) is 19.2 Å². The molecule has 0 aromatic heterocycles. The zero-order valence-electron chi connectivity index (χ0n) is 14.2. The van der Waals surface area contributed by atoms with Crippen LogP contribution in [0.5, 0.6) is 0 Å². The maximum atomic E-state index is 12.9. The summed E-state index contributed by atoms with van der Waals surface area (Å²) < 4.78 is 9.88. The lowest BCUT2D eigenvalue weighted by Gasteiger charge is -2.30. The molecule has 2 rings (SSSR count). The highest BCUT2D eigenvalue weighted by Crippen LogP contribution is 2.32. The first-order valence-electron chi connectivity index (χ1n) is 8.09. The number of amides is 1. The Labute approximate surface area is 145 Å². The fraction of sp³-hybridized carbons (Fsp3) is 0.444. The van der Waals surface area contributed by atoms with Crippen LogP contribution in [0.25, 0.3) is 0 Å². The van der Waals surface area contributed by atoms with Crippen LogP contribution in [-0.2, 0) is 28.7 Å². The molecule has 3 atom stereocenters. The Morgan fingerprint density at radius 3 is 2.32 bits per heavy atom. The summed E-state index contributed by atoms with van der Waals surface area (Å²) >= 11 is 0. The van der Waals surface area contributed by atoms with Crippen LogP contribution in [0.4, 0.5) is 0 Å². The van der Waals surface area contributed by atoms with E-state index in [-0.39, 0.29) is 6.04 Å². The van der Waals surface area contributed by atoms with Gasteiger partial charge in [-0.05, 0) is 18.4 Å². The van der Waals surface area contributed by atoms with Gasteiger partial charge < -0.3 is 14.4 Å². The molecule has 7 heteroatoms. The molecule has 0 bridgehead atoms. The number of aldehydes is 1. The first kappa shape index (κ1) is 18.6. The van der Waals surface area contributed by atoms with Crippen LogP contribution in [0.1, 0.15) is 38.3 Å². The molecule has 25 heavy (non-hydrogen) atoms. The zero-order chi connectivity index (χ0) is 18.4. The summed E-state index contributed by atoms with van der Waals surface area (Å²) in [6, 6.07) is 9.31. The third-order valence-electron chi connectivity index (χ3n) is 3.99. The molecule has 7 nitrogen and oxygen atoms in total. The predicted molar refractivity (Wildman–Crippen MR) is 87.3 cm³/mol. The molecule has 0 saturated carbocycles. The molecule has 1 aromatic carbocycles. The van der Waals surface area contributed by atoms with E-state index in [9.17, 15) is 19.2 Å². The Morgan fingerprint density at radius 1 is 1.12 bits per heavy atom. The monoisotopic (exact) mass is 347 g/mol. The van der Waals surface area contributed by atoms with E-state index in [0.717, 1.165) is 32.3 Å². The van der Waals surface area contributed by atoms with Gasteiger partial charge in [0, 0.05) is 20.4 Å². The fourth-order valence-corrected chi connectivity index (χ4v) is 3.01. The maximum absolute atomic E-state index is 12.9. The fourth-order valence-electron chi connectivity index (χ4n) is 3.01. The highest BCUT2D eigenvalue weighted by atomic mass is 16.6.